The number of thiophene rings is 1. The molecule has 0 saturated heterocycles. The van der Waals surface area contributed by atoms with Gasteiger partial charge in [0.2, 0.25) is 5.95 Å². The zero-order valence-corrected chi connectivity index (χ0v) is 22.7. The molecule has 0 aliphatic rings. The Labute approximate surface area is 228 Å². The lowest BCUT2D eigenvalue weighted by Crippen LogP contribution is -2.41. The van der Waals surface area contributed by atoms with Crippen LogP contribution in [-0.4, -0.2) is 51.2 Å². The first-order valence-corrected chi connectivity index (χ1v) is 12.9. The summed E-state index contributed by atoms with van der Waals surface area (Å²) in [4.78, 5) is 44.4. The van der Waals surface area contributed by atoms with Crippen molar-refractivity contribution >= 4 is 68.6 Å². The number of hydrogen-bond donors (Lipinski definition) is 6. The van der Waals surface area contributed by atoms with Gasteiger partial charge in [-0.15, -0.1) is 11.3 Å². The Morgan fingerprint density at radius 1 is 1.16 bits per heavy atom. The summed E-state index contributed by atoms with van der Waals surface area (Å²) in [5.74, 6) is -1.43. The second-order valence-corrected chi connectivity index (χ2v) is 10.8. The van der Waals surface area contributed by atoms with E-state index in [1.54, 1.807) is 45.0 Å². The molecule has 38 heavy (non-hydrogen) atoms. The van der Waals surface area contributed by atoms with E-state index >= 15 is 0 Å². The molecule has 12 nitrogen and oxygen atoms in total. The van der Waals surface area contributed by atoms with Gasteiger partial charge in [-0.1, -0.05) is 17.7 Å². The fourth-order valence-corrected chi connectivity index (χ4v) is 4.57. The largest absolute Gasteiger partial charge is 0.480 e. The molecule has 0 radical (unpaired) electrons. The summed E-state index contributed by atoms with van der Waals surface area (Å²) in [6.45, 7) is 5.78. The molecule has 1 unspecified atom stereocenters. The Morgan fingerprint density at radius 2 is 1.89 bits per heavy atom. The molecule has 0 aliphatic carbocycles. The highest BCUT2D eigenvalue weighted by Gasteiger charge is 2.22. The third-order valence-electron chi connectivity index (χ3n) is 5.15. The minimum atomic E-state index is -1.17. The number of carbonyl (C=O) groups is 3. The number of anilines is 3. The van der Waals surface area contributed by atoms with Crippen molar-refractivity contribution in [1.82, 2.24) is 20.6 Å². The smallest absolute Gasteiger partial charge is 0.407 e. The summed E-state index contributed by atoms with van der Waals surface area (Å²) in [5.41, 5.74) is 12.2. The second-order valence-electron chi connectivity index (χ2n) is 9.35. The fourth-order valence-electron chi connectivity index (χ4n) is 3.44. The van der Waals surface area contributed by atoms with Gasteiger partial charge in [-0.2, -0.15) is 4.98 Å². The molecule has 0 spiro atoms. The van der Waals surface area contributed by atoms with E-state index in [4.69, 9.17) is 27.8 Å². The van der Waals surface area contributed by atoms with Crippen molar-refractivity contribution < 1.29 is 24.2 Å². The van der Waals surface area contributed by atoms with E-state index in [1.165, 1.54) is 11.3 Å². The standard InChI is InChI=1S/C24H30ClN7O5S/c1-24(2,3)37-23(36)28-10-4-5-14(21(34)35)30-20(33)15-8-9-16(38-15)29-11-12-6-7-13-17(18(12)25)19(26)32-22(27)31-13/h6-9,14,29H,4-5,10-11H2,1-3H3,(H,28,36)(H,30,33)(H,34,35)(H4,26,27,31,32). The predicted molar refractivity (Wildman–Crippen MR) is 147 cm³/mol. The van der Waals surface area contributed by atoms with Crippen LogP contribution in [0.3, 0.4) is 0 Å². The minimum Gasteiger partial charge on any atom is -0.480 e. The van der Waals surface area contributed by atoms with Crippen LogP contribution < -0.4 is 27.4 Å². The van der Waals surface area contributed by atoms with Crippen molar-refractivity contribution in [2.75, 3.05) is 23.3 Å². The molecule has 0 bridgehead atoms. The van der Waals surface area contributed by atoms with Crippen LogP contribution in [0.2, 0.25) is 5.02 Å². The molecule has 0 fully saturated rings. The SMILES string of the molecule is CC(C)(C)OC(=O)NCCCC(NC(=O)c1ccc(NCc2ccc3nc(N)nc(N)c3c2Cl)s1)C(=O)O. The van der Waals surface area contributed by atoms with Gasteiger partial charge in [-0.25, -0.2) is 14.6 Å². The number of nitrogens with one attached hydrogen (secondary N) is 3. The van der Waals surface area contributed by atoms with Crippen LogP contribution in [0.25, 0.3) is 10.9 Å². The molecule has 2 aromatic heterocycles. The Balaban J connectivity index is 1.54. The topological polar surface area (TPSA) is 195 Å². The molecule has 3 rings (SSSR count). The number of rotatable bonds is 10. The number of aliphatic carboxylic acids is 1. The maximum Gasteiger partial charge on any atom is 0.407 e. The Hall–Kier alpha value is -3.84. The molecule has 0 saturated carbocycles. The van der Waals surface area contributed by atoms with Gasteiger partial charge in [0.25, 0.3) is 5.91 Å². The van der Waals surface area contributed by atoms with E-state index in [1.807, 2.05) is 0 Å². The first-order chi connectivity index (χ1) is 17.8. The maximum absolute atomic E-state index is 12.7. The lowest BCUT2D eigenvalue weighted by molar-refractivity contribution is -0.139. The number of amides is 2. The molecule has 2 amide bonds. The van der Waals surface area contributed by atoms with E-state index in [0.717, 1.165) is 5.56 Å². The van der Waals surface area contributed by atoms with E-state index in [0.29, 0.717) is 38.8 Å². The Kier molecular flexibility index (Phi) is 9.17. The lowest BCUT2D eigenvalue weighted by atomic mass is 10.1. The van der Waals surface area contributed by atoms with Crippen LogP contribution in [-0.2, 0) is 16.1 Å². The van der Waals surface area contributed by atoms with Crippen LogP contribution in [0.5, 0.6) is 0 Å². The molecule has 1 aromatic carbocycles. The Bertz CT molecular complexity index is 1340. The first kappa shape index (κ1) is 28.7. The highest BCUT2D eigenvalue weighted by Crippen LogP contribution is 2.31. The average Bonchev–Trinajstić information content (AvgIpc) is 3.28. The van der Waals surface area contributed by atoms with Crippen molar-refractivity contribution in [3.8, 4) is 0 Å². The highest BCUT2D eigenvalue weighted by molar-refractivity contribution is 7.17. The maximum atomic E-state index is 12.7. The van der Waals surface area contributed by atoms with Crippen molar-refractivity contribution in [1.29, 1.82) is 0 Å². The molecule has 14 heteroatoms. The van der Waals surface area contributed by atoms with Crippen LogP contribution >= 0.6 is 22.9 Å². The number of fused-ring (bicyclic) bond motifs is 1. The second kappa shape index (κ2) is 12.1. The quantitative estimate of drug-likeness (QED) is 0.198. The first-order valence-electron chi connectivity index (χ1n) is 11.7. The molecular weight excluding hydrogens is 534 g/mol. The van der Waals surface area contributed by atoms with Crippen LogP contribution in [0, 0.1) is 0 Å². The number of nitrogen functional groups attached to an aromatic ring is 2. The summed E-state index contributed by atoms with van der Waals surface area (Å²) in [7, 11) is 0. The molecule has 204 valence electrons. The van der Waals surface area contributed by atoms with Gasteiger partial charge in [0.15, 0.2) is 0 Å². The zero-order valence-electron chi connectivity index (χ0n) is 21.1. The van der Waals surface area contributed by atoms with Gasteiger partial charge in [0.1, 0.15) is 17.5 Å². The molecule has 8 N–H and O–H groups in total. The number of alkyl carbamates (subject to hydrolysis) is 1. The van der Waals surface area contributed by atoms with Gasteiger partial charge in [0, 0.05) is 13.1 Å². The average molecular weight is 564 g/mol. The fraction of sp³-hybridized carbons (Fsp3) is 0.375. The number of hydrogen-bond acceptors (Lipinski definition) is 10. The third-order valence-corrected chi connectivity index (χ3v) is 6.62. The van der Waals surface area contributed by atoms with Gasteiger partial charge in [-0.05, 0) is 57.4 Å². The van der Waals surface area contributed by atoms with Gasteiger partial charge < -0.3 is 37.3 Å². The van der Waals surface area contributed by atoms with Gasteiger partial charge in [0.05, 0.1) is 25.8 Å². The normalized spacial score (nSPS) is 12.1. The van der Waals surface area contributed by atoms with E-state index in [9.17, 15) is 19.5 Å². The molecule has 1 atom stereocenters. The summed E-state index contributed by atoms with van der Waals surface area (Å²) in [6, 6.07) is 5.74. The predicted octanol–water partition coefficient (Wildman–Crippen LogP) is 3.61. The van der Waals surface area contributed by atoms with E-state index in [-0.39, 0.29) is 24.7 Å². The summed E-state index contributed by atoms with van der Waals surface area (Å²) in [6.07, 6.45) is -0.118. The summed E-state index contributed by atoms with van der Waals surface area (Å²) in [5, 5.41) is 19.4. The number of aromatic nitrogens is 2. The monoisotopic (exact) mass is 563 g/mol. The van der Waals surface area contributed by atoms with E-state index < -0.39 is 29.6 Å². The van der Waals surface area contributed by atoms with Crippen molar-refractivity contribution in [2.45, 2.75) is 51.8 Å². The number of halogens is 1. The number of carboxylic acids is 1. The number of ether oxygens (including phenoxy) is 1. The van der Waals surface area contributed by atoms with Crippen molar-refractivity contribution in [3.05, 3.63) is 39.7 Å². The zero-order chi connectivity index (χ0) is 28.0. The number of nitrogens with zero attached hydrogens (tertiary/aromatic N) is 2. The van der Waals surface area contributed by atoms with Crippen molar-refractivity contribution in [2.24, 2.45) is 0 Å². The number of carboxylic acid groups (broad SMARTS) is 1. The third kappa shape index (κ3) is 7.83. The number of benzene rings is 1. The minimum absolute atomic E-state index is 0.0592. The number of nitrogens with two attached hydrogens (primary N) is 2. The van der Waals surface area contributed by atoms with Gasteiger partial charge >= 0.3 is 12.1 Å². The van der Waals surface area contributed by atoms with Crippen LogP contribution in [0.1, 0.15) is 48.8 Å². The highest BCUT2D eigenvalue weighted by atomic mass is 35.5. The van der Waals surface area contributed by atoms with Crippen LogP contribution in [0.15, 0.2) is 24.3 Å². The molecule has 3 aromatic rings. The molecular formula is C24H30ClN7O5S. The van der Waals surface area contributed by atoms with Crippen LogP contribution in [0.4, 0.5) is 21.6 Å². The molecule has 0 aliphatic heterocycles. The summed E-state index contributed by atoms with van der Waals surface area (Å²) < 4.78 is 5.14. The van der Waals surface area contributed by atoms with Gasteiger partial charge in [-0.3, -0.25) is 4.79 Å². The van der Waals surface area contributed by atoms with Crippen molar-refractivity contribution in [3.63, 3.8) is 0 Å². The molecule has 2 heterocycles. The number of carbonyl (C=O) groups excluding carboxylic acids is 2. The summed E-state index contributed by atoms with van der Waals surface area (Å²) >= 11 is 7.69. The van der Waals surface area contributed by atoms with E-state index in [2.05, 4.69) is 25.9 Å². The lowest BCUT2D eigenvalue weighted by Gasteiger charge is -2.20. The Morgan fingerprint density at radius 3 is 2.58 bits per heavy atom.